The number of rotatable bonds is 2. The number of aryl methyl sites for hydroxylation is 1. The van der Waals surface area contributed by atoms with Gasteiger partial charge in [0.25, 0.3) is 0 Å². The molecule has 0 aromatic carbocycles. The molecule has 0 spiro atoms. The van der Waals surface area contributed by atoms with Crippen LogP contribution in [0.3, 0.4) is 0 Å². The van der Waals surface area contributed by atoms with Gasteiger partial charge in [-0.2, -0.15) is 5.26 Å². The summed E-state index contributed by atoms with van der Waals surface area (Å²) in [6.07, 6.45) is 5.92. The monoisotopic (exact) mass is 256 g/mol. The zero-order valence-electron chi connectivity index (χ0n) is 11.5. The lowest BCUT2D eigenvalue weighted by Crippen LogP contribution is -2.36. The normalized spacial score (nSPS) is 23.8. The standard InChI is InChI=1S/C15H20N4/c1-11-8-14(13-5-2-6-13)18-15(17-11)19-7-3-4-12(9-16)10-19/h8,12-13H,2-7,10H2,1H3/t12-/m1/s1. The third-order valence-corrected chi connectivity index (χ3v) is 4.27. The van der Waals surface area contributed by atoms with Gasteiger partial charge in [-0.25, -0.2) is 9.97 Å². The maximum atomic E-state index is 9.08. The molecule has 2 fully saturated rings. The van der Waals surface area contributed by atoms with Crippen LogP contribution < -0.4 is 4.90 Å². The molecule has 3 rings (SSSR count). The van der Waals surface area contributed by atoms with E-state index in [1.807, 2.05) is 6.92 Å². The molecule has 1 aliphatic heterocycles. The van der Waals surface area contributed by atoms with E-state index in [0.29, 0.717) is 5.92 Å². The minimum Gasteiger partial charge on any atom is -0.339 e. The Hall–Kier alpha value is -1.63. The van der Waals surface area contributed by atoms with Crippen LogP contribution in [0.5, 0.6) is 0 Å². The Bertz CT molecular complexity index is 501. The van der Waals surface area contributed by atoms with Gasteiger partial charge < -0.3 is 4.90 Å². The molecule has 2 aliphatic rings. The molecule has 19 heavy (non-hydrogen) atoms. The summed E-state index contributed by atoms with van der Waals surface area (Å²) in [6.45, 7) is 3.80. The van der Waals surface area contributed by atoms with Gasteiger partial charge in [0, 0.05) is 30.4 Å². The smallest absolute Gasteiger partial charge is 0.225 e. The molecular formula is C15H20N4. The number of anilines is 1. The minimum absolute atomic E-state index is 0.130. The topological polar surface area (TPSA) is 52.8 Å². The van der Waals surface area contributed by atoms with Gasteiger partial charge in [-0.3, -0.25) is 0 Å². The summed E-state index contributed by atoms with van der Waals surface area (Å²) in [7, 11) is 0. The first-order valence-corrected chi connectivity index (χ1v) is 7.26. The maximum absolute atomic E-state index is 9.08. The van der Waals surface area contributed by atoms with E-state index in [0.717, 1.165) is 37.6 Å². The first-order valence-electron chi connectivity index (χ1n) is 7.26. The molecule has 1 aromatic heterocycles. The van der Waals surface area contributed by atoms with Crippen molar-refractivity contribution < 1.29 is 0 Å². The summed E-state index contributed by atoms with van der Waals surface area (Å²) >= 11 is 0. The summed E-state index contributed by atoms with van der Waals surface area (Å²) < 4.78 is 0. The fourth-order valence-corrected chi connectivity index (χ4v) is 2.90. The Morgan fingerprint density at radius 3 is 2.79 bits per heavy atom. The fraction of sp³-hybridized carbons (Fsp3) is 0.667. The Morgan fingerprint density at radius 2 is 2.11 bits per heavy atom. The summed E-state index contributed by atoms with van der Waals surface area (Å²) in [5, 5.41) is 9.08. The highest BCUT2D eigenvalue weighted by atomic mass is 15.3. The van der Waals surface area contributed by atoms with Gasteiger partial charge in [0.15, 0.2) is 0 Å². The highest BCUT2D eigenvalue weighted by Crippen LogP contribution is 2.36. The Kier molecular flexibility index (Phi) is 3.37. The van der Waals surface area contributed by atoms with Crippen molar-refractivity contribution >= 4 is 5.95 Å². The summed E-state index contributed by atoms with van der Waals surface area (Å²) in [5.41, 5.74) is 2.25. The fourth-order valence-electron chi connectivity index (χ4n) is 2.90. The molecule has 1 aromatic rings. The highest BCUT2D eigenvalue weighted by molar-refractivity contribution is 5.35. The van der Waals surface area contributed by atoms with Gasteiger partial charge in [0.2, 0.25) is 5.95 Å². The predicted octanol–water partition coefficient (Wildman–Crippen LogP) is 2.79. The van der Waals surface area contributed by atoms with Crippen LogP contribution in [0.25, 0.3) is 0 Å². The third-order valence-electron chi connectivity index (χ3n) is 4.27. The van der Waals surface area contributed by atoms with Crippen molar-refractivity contribution in [3.05, 3.63) is 17.5 Å². The van der Waals surface area contributed by atoms with E-state index in [-0.39, 0.29) is 5.92 Å². The molecule has 2 heterocycles. The van der Waals surface area contributed by atoms with Gasteiger partial charge in [0.1, 0.15) is 0 Å². The van der Waals surface area contributed by atoms with E-state index < -0.39 is 0 Å². The average molecular weight is 256 g/mol. The average Bonchev–Trinajstić information content (AvgIpc) is 2.36. The Morgan fingerprint density at radius 1 is 1.26 bits per heavy atom. The second-order valence-electron chi connectivity index (χ2n) is 5.78. The van der Waals surface area contributed by atoms with Gasteiger partial charge in [0.05, 0.1) is 12.0 Å². The van der Waals surface area contributed by atoms with E-state index in [1.165, 1.54) is 25.0 Å². The van der Waals surface area contributed by atoms with Gasteiger partial charge in [-0.1, -0.05) is 6.42 Å². The molecule has 0 N–H and O–H groups in total. The Labute approximate surface area is 114 Å². The van der Waals surface area contributed by atoms with Crippen LogP contribution in [-0.4, -0.2) is 23.1 Å². The number of hydrogen-bond acceptors (Lipinski definition) is 4. The van der Waals surface area contributed by atoms with Gasteiger partial charge >= 0.3 is 0 Å². The number of nitriles is 1. The molecule has 1 saturated heterocycles. The van der Waals surface area contributed by atoms with Crippen molar-refractivity contribution in [3.63, 3.8) is 0 Å². The molecule has 0 radical (unpaired) electrons. The summed E-state index contributed by atoms with van der Waals surface area (Å²) in [6, 6.07) is 4.50. The maximum Gasteiger partial charge on any atom is 0.225 e. The minimum atomic E-state index is 0.130. The van der Waals surface area contributed by atoms with Crippen LogP contribution in [0.2, 0.25) is 0 Å². The Balaban J connectivity index is 1.83. The van der Waals surface area contributed by atoms with E-state index in [4.69, 9.17) is 10.2 Å². The lowest BCUT2D eigenvalue weighted by Gasteiger charge is -2.31. The second-order valence-corrected chi connectivity index (χ2v) is 5.78. The van der Waals surface area contributed by atoms with Crippen LogP contribution in [-0.2, 0) is 0 Å². The second kappa shape index (κ2) is 5.16. The number of nitrogens with zero attached hydrogens (tertiary/aromatic N) is 4. The highest BCUT2D eigenvalue weighted by Gasteiger charge is 2.25. The van der Waals surface area contributed by atoms with E-state index in [9.17, 15) is 0 Å². The van der Waals surface area contributed by atoms with Crippen LogP contribution in [0.1, 0.15) is 49.4 Å². The van der Waals surface area contributed by atoms with Gasteiger partial charge in [-0.05, 0) is 38.7 Å². The van der Waals surface area contributed by atoms with Crippen molar-refractivity contribution in [2.24, 2.45) is 5.92 Å². The molecule has 0 amide bonds. The van der Waals surface area contributed by atoms with Crippen LogP contribution in [0.15, 0.2) is 6.07 Å². The molecule has 1 aliphatic carbocycles. The molecule has 1 saturated carbocycles. The van der Waals surface area contributed by atoms with Crippen molar-refractivity contribution in [1.29, 1.82) is 5.26 Å². The van der Waals surface area contributed by atoms with Crippen LogP contribution >= 0.6 is 0 Å². The third kappa shape index (κ3) is 2.56. The molecule has 4 nitrogen and oxygen atoms in total. The van der Waals surface area contributed by atoms with E-state index in [2.05, 4.69) is 22.0 Å². The SMILES string of the molecule is Cc1cc(C2CCC2)nc(N2CCC[C@H](C#N)C2)n1. The zero-order chi connectivity index (χ0) is 13.2. The van der Waals surface area contributed by atoms with Crippen molar-refractivity contribution in [3.8, 4) is 6.07 Å². The largest absolute Gasteiger partial charge is 0.339 e. The van der Waals surface area contributed by atoms with Crippen molar-refractivity contribution in [2.45, 2.75) is 44.9 Å². The molecule has 100 valence electrons. The van der Waals surface area contributed by atoms with E-state index in [1.54, 1.807) is 0 Å². The van der Waals surface area contributed by atoms with Crippen LogP contribution in [0, 0.1) is 24.2 Å². The molecule has 0 bridgehead atoms. The first kappa shape index (κ1) is 12.4. The number of piperidine rings is 1. The number of aromatic nitrogens is 2. The molecule has 1 atom stereocenters. The molecule has 4 heteroatoms. The summed E-state index contributed by atoms with van der Waals surface area (Å²) in [4.78, 5) is 11.5. The quantitative estimate of drug-likeness (QED) is 0.816. The zero-order valence-corrected chi connectivity index (χ0v) is 11.5. The molecular weight excluding hydrogens is 236 g/mol. The predicted molar refractivity (Wildman–Crippen MR) is 73.9 cm³/mol. The number of hydrogen-bond donors (Lipinski definition) is 0. The lowest BCUT2D eigenvalue weighted by atomic mass is 9.82. The van der Waals surface area contributed by atoms with Gasteiger partial charge in [-0.15, -0.1) is 0 Å². The molecule has 0 unspecified atom stereocenters. The lowest BCUT2D eigenvalue weighted by molar-refractivity contribution is 0.409. The van der Waals surface area contributed by atoms with Crippen molar-refractivity contribution in [1.82, 2.24) is 9.97 Å². The first-order chi connectivity index (χ1) is 9.26. The van der Waals surface area contributed by atoms with Crippen molar-refractivity contribution in [2.75, 3.05) is 18.0 Å². The van der Waals surface area contributed by atoms with E-state index >= 15 is 0 Å². The summed E-state index contributed by atoms with van der Waals surface area (Å²) in [5.74, 6) is 1.60. The van der Waals surface area contributed by atoms with Crippen LogP contribution in [0.4, 0.5) is 5.95 Å².